The van der Waals surface area contributed by atoms with E-state index < -0.39 is 39.9 Å². The van der Waals surface area contributed by atoms with E-state index >= 15 is 0 Å². The van der Waals surface area contributed by atoms with Crippen LogP contribution in [-0.2, 0) is 23.9 Å². The number of carbonyl (C=O) groups is 1. The van der Waals surface area contributed by atoms with Gasteiger partial charge in [0.2, 0.25) is 0 Å². The number of sulfone groups is 1. The van der Waals surface area contributed by atoms with Gasteiger partial charge in [0.15, 0.2) is 9.84 Å². The van der Waals surface area contributed by atoms with Crippen LogP contribution in [0.5, 0.6) is 0 Å². The number of carbonyl (C=O) groups excluding carboxylic acids is 1. The Hall–Kier alpha value is -1.58. The van der Waals surface area contributed by atoms with Crippen LogP contribution in [0.15, 0.2) is 29.2 Å². The molecule has 2 aliphatic rings. The molecule has 31 heavy (non-hydrogen) atoms. The topological polar surface area (TPSA) is 82.1 Å². The first-order valence-corrected chi connectivity index (χ1v) is 12.4. The highest BCUT2D eigenvalue weighted by Crippen LogP contribution is 2.36. The second-order valence-electron chi connectivity index (χ2n) is 10.4. The van der Waals surface area contributed by atoms with E-state index in [1.165, 1.54) is 0 Å². The maximum absolute atomic E-state index is 13.0. The van der Waals surface area contributed by atoms with Crippen molar-refractivity contribution >= 4 is 28.5 Å². The van der Waals surface area contributed by atoms with Gasteiger partial charge in [0.25, 0.3) is 0 Å². The molecule has 1 unspecified atom stereocenters. The van der Waals surface area contributed by atoms with Crippen molar-refractivity contribution in [2.75, 3.05) is 12.3 Å². The van der Waals surface area contributed by atoms with Gasteiger partial charge in [-0.1, -0.05) is 12.1 Å². The van der Waals surface area contributed by atoms with Gasteiger partial charge in [0.05, 0.1) is 21.9 Å². The van der Waals surface area contributed by atoms with Crippen molar-refractivity contribution in [3.05, 3.63) is 24.3 Å². The van der Waals surface area contributed by atoms with Gasteiger partial charge in [-0.05, 0) is 78.9 Å². The van der Waals surface area contributed by atoms with Crippen molar-refractivity contribution < 1.29 is 27.3 Å². The summed E-state index contributed by atoms with van der Waals surface area (Å²) < 4.78 is 43.6. The molecule has 1 amide bonds. The van der Waals surface area contributed by atoms with Gasteiger partial charge in [-0.15, -0.1) is 0 Å². The van der Waals surface area contributed by atoms with Crippen LogP contribution in [0, 0.1) is 0 Å². The minimum absolute atomic E-state index is 0.123. The van der Waals surface area contributed by atoms with Crippen LogP contribution in [0.25, 0.3) is 0 Å². The SMILES string of the molecule is CC(C)(C)OC(=O)N1CCCC1CS(=O)(=O)c1ccc(B2OC(C)(C)C(C)(C)O2)cc1. The molecule has 3 rings (SSSR count). The molecule has 0 bridgehead atoms. The fraction of sp³-hybridized carbons (Fsp3) is 0.682. The van der Waals surface area contributed by atoms with Gasteiger partial charge in [-0.25, -0.2) is 13.2 Å². The van der Waals surface area contributed by atoms with Crippen molar-refractivity contribution in [2.24, 2.45) is 0 Å². The van der Waals surface area contributed by atoms with Crippen molar-refractivity contribution in [1.82, 2.24) is 4.90 Å². The van der Waals surface area contributed by atoms with Gasteiger partial charge in [0, 0.05) is 12.6 Å². The number of hydrogen-bond donors (Lipinski definition) is 0. The van der Waals surface area contributed by atoms with Crippen LogP contribution in [0.4, 0.5) is 4.79 Å². The van der Waals surface area contributed by atoms with Crippen LogP contribution >= 0.6 is 0 Å². The molecule has 2 heterocycles. The summed E-state index contributed by atoms with van der Waals surface area (Å²) in [5.41, 5.74) is -0.771. The molecule has 9 heteroatoms. The standard InChI is InChI=1S/C22H34BNO6S/c1-20(2,3)28-19(25)24-14-8-9-17(24)15-31(26,27)18-12-10-16(11-13-18)23-29-21(4,5)22(6,7)30-23/h10-13,17H,8-9,14-15H2,1-7H3. The van der Waals surface area contributed by atoms with Crippen molar-refractivity contribution in [1.29, 1.82) is 0 Å². The van der Waals surface area contributed by atoms with E-state index in [1.807, 2.05) is 27.7 Å². The quantitative estimate of drug-likeness (QED) is 0.655. The predicted molar refractivity (Wildman–Crippen MR) is 120 cm³/mol. The summed E-state index contributed by atoms with van der Waals surface area (Å²) in [6, 6.07) is 6.25. The van der Waals surface area contributed by atoms with Crippen molar-refractivity contribution in [3.63, 3.8) is 0 Å². The lowest BCUT2D eigenvalue weighted by Gasteiger charge is -2.32. The predicted octanol–water partition coefficient (Wildman–Crippen LogP) is 3.16. The Bertz CT molecular complexity index is 904. The van der Waals surface area contributed by atoms with E-state index in [0.29, 0.717) is 13.0 Å². The lowest BCUT2D eigenvalue weighted by molar-refractivity contribution is 0.00578. The van der Waals surface area contributed by atoms with E-state index in [-0.39, 0.29) is 16.7 Å². The van der Waals surface area contributed by atoms with E-state index in [4.69, 9.17) is 14.0 Å². The van der Waals surface area contributed by atoms with Crippen LogP contribution in [-0.4, -0.2) is 61.7 Å². The fourth-order valence-electron chi connectivity index (χ4n) is 3.73. The van der Waals surface area contributed by atoms with E-state index in [9.17, 15) is 13.2 Å². The monoisotopic (exact) mass is 451 g/mol. The second kappa shape index (κ2) is 8.08. The third-order valence-corrected chi connectivity index (χ3v) is 8.00. The van der Waals surface area contributed by atoms with Crippen LogP contribution in [0.2, 0.25) is 0 Å². The first kappa shape index (κ1) is 24.1. The minimum atomic E-state index is -3.57. The second-order valence-corrected chi connectivity index (χ2v) is 12.4. The Labute approximate surface area is 186 Å². The Morgan fingerprint density at radius 2 is 1.68 bits per heavy atom. The van der Waals surface area contributed by atoms with E-state index in [2.05, 4.69) is 0 Å². The molecule has 0 N–H and O–H groups in total. The number of ether oxygens (including phenoxy) is 1. The minimum Gasteiger partial charge on any atom is -0.444 e. The molecule has 0 radical (unpaired) electrons. The van der Waals surface area contributed by atoms with Crippen LogP contribution in [0.1, 0.15) is 61.3 Å². The zero-order valence-corrected chi connectivity index (χ0v) is 20.4. The number of benzene rings is 1. The number of rotatable bonds is 4. The first-order chi connectivity index (χ1) is 14.1. The average molecular weight is 451 g/mol. The highest BCUT2D eigenvalue weighted by Gasteiger charge is 2.51. The maximum Gasteiger partial charge on any atom is 0.494 e. The zero-order chi connectivity index (χ0) is 23.2. The summed E-state index contributed by atoms with van der Waals surface area (Å²) in [6.45, 7) is 13.8. The normalized spacial score (nSPS) is 23.3. The summed E-state index contributed by atoms with van der Waals surface area (Å²) in [7, 11) is -4.11. The number of nitrogens with zero attached hydrogens (tertiary/aromatic N) is 1. The third kappa shape index (κ3) is 5.26. The Morgan fingerprint density at radius 3 is 2.19 bits per heavy atom. The molecule has 0 aromatic heterocycles. The molecule has 0 aliphatic carbocycles. The summed E-state index contributed by atoms with van der Waals surface area (Å²) in [5, 5.41) is 0. The lowest BCUT2D eigenvalue weighted by atomic mass is 9.79. The molecular weight excluding hydrogens is 417 g/mol. The first-order valence-electron chi connectivity index (χ1n) is 10.8. The Balaban J connectivity index is 1.71. The molecule has 172 valence electrons. The molecule has 1 aromatic rings. The van der Waals surface area contributed by atoms with Crippen LogP contribution in [0.3, 0.4) is 0 Å². The highest BCUT2D eigenvalue weighted by atomic mass is 32.2. The lowest BCUT2D eigenvalue weighted by Crippen LogP contribution is -2.42. The fourth-order valence-corrected chi connectivity index (χ4v) is 5.33. The molecule has 2 fully saturated rings. The average Bonchev–Trinajstić information content (AvgIpc) is 3.15. The third-order valence-electron chi connectivity index (χ3n) is 6.18. The maximum atomic E-state index is 13.0. The van der Waals surface area contributed by atoms with Crippen molar-refractivity contribution in [3.8, 4) is 0 Å². The smallest absolute Gasteiger partial charge is 0.444 e. The van der Waals surface area contributed by atoms with E-state index in [1.54, 1.807) is 49.9 Å². The number of likely N-dealkylation sites (tertiary alicyclic amines) is 1. The Kier molecular flexibility index (Phi) is 6.28. The Morgan fingerprint density at radius 1 is 1.13 bits per heavy atom. The summed E-state index contributed by atoms with van der Waals surface area (Å²) in [6.07, 6.45) is 0.950. The van der Waals surface area contributed by atoms with Crippen molar-refractivity contribution in [2.45, 2.75) is 89.0 Å². The highest BCUT2D eigenvalue weighted by molar-refractivity contribution is 7.91. The molecule has 0 saturated carbocycles. The zero-order valence-electron chi connectivity index (χ0n) is 19.6. The summed E-state index contributed by atoms with van der Waals surface area (Å²) in [5.74, 6) is -0.123. The number of amides is 1. The molecule has 2 saturated heterocycles. The van der Waals surface area contributed by atoms with Crippen LogP contribution < -0.4 is 5.46 Å². The molecule has 1 aromatic carbocycles. The van der Waals surface area contributed by atoms with E-state index in [0.717, 1.165) is 11.9 Å². The van der Waals surface area contributed by atoms with Gasteiger partial charge < -0.3 is 18.9 Å². The summed E-state index contributed by atoms with van der Waals surface area (Å²) in [4.78, 5) is 14.2. The largest absolute Gasteiger partial charge is 0.494 e. The van der Waals surface area contributed by atoms with Gasteiger partial charge in [-0.3, -0.25) is 0 Å². The molecule has 2 aliphatic heterocycles. The number of hydrogen-bond acceptors (Lipinski definition) is 6. The van der Waals surface area contributed by atoms with Gasteiger partial charge in [0.1, 0.15) is 5.60 Å². The van der Waals surface area contributed by atoms with Gasteiger partial charge in [-0.2, -0.15) is 0 Å². The summed E-state index contributed by atoms with van der Waals surface area (Å²) >= 11 is 0. The van der Waals surface area contributed by atoms with Gasteiger partial charge >= 0.3 is 13.2 Å². The molecular formula is C22H34BNO6S. The molecule has 7 nitrogen and oxygen atoms in total. The molecule has 1 atom stereocenters. The molecule has 0 spiro atoms.